The van der Waals surface area contributed by atoms with Crippen LogP contribution in [0.1, 0.15) is 26.2 Å². The molecule has 4 nitrogen and oxygen atoms in total. The fourth-order valence-electron chi connectivity index (χ4n) is 2.37. The third-order valence-corrected chi connectivity index (χ3v) is 3.56. The molecule has 0 N–H and O–H groups in total. The summed E-state index contributed by atoms with van der Waals surface area (Å²) in [6.07, 6.45) is 3.30. The van der Waals surface area contributed by atoms with Gasteiger partial charge in [-0.25, -0.2) is 0 Å². The van der Waals surface area contributed by atoms with Gasteiger partial charge in [0.25, 0.3) is 5.69 Å². The Labute approximate surface area is 105 Å². The zero-order chi connectivity index (χ0) is 12.4. The minimum absolute atomic E-state index is 0.103. The Morgan fingerprint density at radius 1 is 1.47 bits per heavy atom. The Balaban J connectivity index is 2.45. The van der Waals surface area contributed by atoms with Crippen molar-refractivity contribution in [1.82, 2.24) is 0 Å². The molecule has 5 heteroatoms. The first-order chi connectivity index (χ1) is 8.11. The van der Waals surface area contributed by atoms with Crippen molar-refractivity contribution in [2.45, 2.75) is 32.2 Å². The summed E-state index contributed by atoms with van der Waals surface area (Å²) in [5.41, 5.74) is 0.678. The predicted molar refractivity (Wildman–Crippen MR) is 68.8 cm³/mol. The van der Waals surface area contributed by atoms with Gasteiger partial charge in [-0.15, -0.1) is 0 Å². The fourth-order valence-corrected chi connectivity index (χ4v) is 2.64. The van der Waals surface area contributed by atoms with Crippen LogP contribution in [-0.4, -0.2) is 17.5 Å². The number of para-hydroxylation sites is 1. The molecule has 1 atom stereocenters. The molecule has 0 spiro atoms. The topological polar surface area (TPSA) is 46.4 Å². The van der Waals surface area contributed by atoms with Gasteiger partial charge in [-0.05, 0) is 32.3 Å². The molecule has 0 aliphatic carbocycles. The number of hydrogen-bond acceptors (Lipinski definition) is 3. The molecule has 1 aliphatic heterocycles. The lowest BCUT2D eigenvalue weighted by atomic mass is 10.0. The zero-order valence-electron chi connectivity index (χ0n) is 9.73. The van der Waals surface area contributed by atoms with E-state index in [9.17, 15) is 10.1 Å². The van der Waals surface area contributed by atoms with Crippen LogP contribution < -0.4 is 4.90 Å². The van der Waals surface area contributed by atoms with Crippen LogP contribution in [-0.2, 0) is 0 Å². The van der Waals surface area contributed by atoms with Crippen LogP contribution >= 0.6 is 11.6 Å². The quantitative estimate of drug-likeness (QED) is 0.598. The number of rotatable bonds is 2. The summed E-state index contributed by atoms with van der Waals surface area (Å²) in [5, 5.41) is 11.5. The standard InChI is InChI=1S/C12H15ClN2O2/c1-9-5-2-3-8-14(9)12-10(13)6-4-7-11(12)15(16)17/h4,6-7,9H,2-3,5,8H2,1H3/t9-/m0/s1. The van der Waals surface area contributed by atoms with Gasteiger partial charge < -0.3 is 4.90 Å². The molecule has 0 bridgehead atoms. The summed E-state index contributed by atoms with van der Waals surface area (Å²) in [6.45, 7) is 2.93. The average Bonchev–Trinajstić information content (AvgIpc) is 2.30. The van der Waals surface area contributed by atoms with Crippen LogP contribution in [0.5, 0.6) is 0 Å². The van der Waals surface area contributed by atoms with E-state index in [1.807, 2.05) is 0 Å². The molecule has 1 aromatic carbocycles. The van der Waals surface area contributed by atoms with Crippen molar-refractivity contribution in [3.8, 4) is 0 Å². The lowest BCUT2D eigenvalue weighted by Crippen LogP contribution is -2.38. The molecule has 0 radical (unpaired) electrons. The highest BCUT2D eigenvalue weighted by Crippen LogP contribution is 2.38. The van der Waals surface area contributed by atoms with Crippen LogP contribution in [0, 0.1) is 10.1 Å². The van der Waals surface area contributed by atoms with Gasteiger partial charge >= 0.3 is 0 Å². The second kappa shape index (κ2) is 4.92. The first-order valence-corrected chi connectivity index (χ1v) is 6.18. The van der Waals surface area contributed by atoms with Crippen molar-refractivity contribution in [2.75, 3.05) is 11.4 Å². The first kappa shape index (κ1) is 12.2. The monoisotopic (exact) mass is 254 g/mol. The number of nitro benzene ring substituents is 1. The molecule has 1 aliphatic rings. The number of nitrogens with zero attached hydrogens (tertiary/aromatic N) is 2. The van der Waals surface area contributed by atoms with E-state index < -0.39 is 0 Å². The van der Waals surface area contributed by atoms with Crippen molar-refractivity contribution in [1.29, 1.82) is 0 Å². The molecule has 92 valence electrons. The Hall–Kier alpha value is -1.29. The molecule has 17 heavy (non-hydrogen) atoms. The lowest BCUT2D eigenvalue weighted by molar-refractivity contribution is -0.384. The van der Waals surface area contributed by atoms with Crippen molar-refractivity contribution in [3.05, 3.63) is 33.3 Å². The minimum Gasteiger partial charge on any atom is -0.362 e. The van der Waals surface area contributed by atoms with Gasteiger partial charge in [0.05, 0.1) is 9.95 Å². The molecule has 1 saturated heterocycles. The summed E-state index contributed by atoms with van der Waals surface area (Å²) in [4.78, 5) is 12.7. The van der Waals surface area contributed by atoms with Gasteiger partial charge in [-0.3, -0.25) is 10.1 Å². The van der Waals surface area contributed by atoms with E-state index in [4.69, 9.17) is 11.6 Å². The molecule has 0 unspecified atom stereocenters. The highest BCUT2D eigenvalue weighted by molar-refractivity contribution is 6.33. The molecule has 1 fully saturated rings. The number of benzene rings is 1. The Kier molecular flexibility index (Phi) is 3.52. The van der Waals surface area contributed by atoms with E-state index in [2.05, 4.69) is 11.8 Å². The van der Waals surface area contributed by atoms with E-state index in [1.54, 1.807) is 12.1 Å². The average molecular weight is 255 g/mol. The molecular formula is C12H15ClN2O2. The third-order valence-electron chi connectivity index (χ3n) is 3.25. The predicted octanol–water partition coefficient (Wildman–Crippen LogP) is 3.63. The summed E-state index contributed by atoms with van der Waals surface area (Å²) in [6, 6.07) is 5.16. The SMILES string of the molecule is C[C@H]1CCCCN1c1c(Cl)cccc1[N+](=O)[O-]. The lowest BCUT2D eigenvalue weighted by Gasteiger charge is -2.35. The number of halogens is 1. The summed E-state index contributed by atoms with van der Waals surface area (Å²) in [7, 11) is 0. The summed E-state index contributed by atoms with van der Waals surface area (Å²) in [5.74, 6) is 0. The zero-order valence-corrected chi connectivity index (χ0v) is 10.5. The fraction of sp³-hybridized carbons (Fsp3) is 0.500. The van der Waals surface area contributed by atoms with E-state index in [0.29, 0.717) is 16.8 Å². The molecule has 1 aromatic rings. The van der Waals surface area contributed by atoms with E-state index in [0.717, 1.165) is 19.4 Å². The van der Waals surface area contributed by atoms with Crippen LogP contribution in [0.15, 0.2) is 18.2 Å². The van der Waals surface area contributed by atoms with Crippen molar-refractivity contribution >= 4 is 23.0 Å². The van der Waals surface area contributed by atoms with Gasteiger partial charge in [-0.1, -0.05) is 17.7 Å². The maximum atomic E-state index is 11.0. The largest absolute Gasteiger partial charge is 0.362 e. The van der Waals surface area contributed by atoms with Gasteiger partial charge in [0.1, 0.15) is 5.69 Å². The van der Waals surface area contributed by atoms with Crippen molar-refractivity contribution in [2.24, 2.45) is 0 Å². The van der Waals surface area contributed by atoms with Crippen LogP contribution in [0.4, 0.5) is 11.4 Å². The van der Waals surface area contributed by atoms with Gasteiger partial charge in [0.2, 0.25) is 0 Å². The summed E-state index contributed by atoms with van der Waals surface area (Å²) < 4.78 is 0. The Morgan fingerprint density at radius 3 is 2.88 bits per heavy atom. The second-order valence-corrected chi connectivity index (χ2v) is 4.81. The molecule has 1 heterocycles. The maximum absolute atomic E-state index is 11.0. The summed E-state index contributed by atoms with van der Waals surface area (Å²) >= 11 is 6.13. The first-order valence-electron chi connectivity index (χ1n) is 5.81. The van der Waals surface area contributed by atoms with Crippen LogP contribution in [0.25, 0.3) is 0 Å². The third kappa shape index (κ3) is 2.36. The van der Waals surface area contributed by atoms with Crippen LogP contribution in [0.3, 0.4) is 0 Å². The van der Waals surface area contributed by atoms with Gasteiger partial charge in [-0.2, -0.15) is 0 Å². The Morgan fingerprint density at radius 2 is 2.24 bits per heavy atom. The number of hydrogen-bond donors (Lipinski definition) is 0. The molecule has 0 saturated carbocycles. The number of nitro groups is 1. The second-order valence-electron chi connectivity index (χ2n) is 4.40. The smallest absolute Gasteiger partial charge is 0.294 e. The van der Waals surface area contributed by atoms with E-state index in [-0.39, 0.29) is 10.6 Å². The van der Waals surface area contributed by atoms with Gasteiger partial charge in [0.15, 0.2) is 0 Å². The highest BCUT2D eigenvalue weighted by Gasteiger charge is 2.27. The number of anilines is 1. The van der Waals surface area contributed by atoms with Crippen molar-refractivity contribution < 1.29 is 4.92 Å². The van der Waals surface area contributed by atoms with Crippen molar-refractivity contribution in [3.63, 3.8) is 0 Å². The minimum atomic E-state index is -0.359. The normalized spacial score (nSPS) is 20.4. The van der Waals surface area contributed by atoms with Gasteiger partial charge in [0, 0.05) is 18.7 Å². The number of piperidine rings is 1. The Bertz CT molecular complexity index is 437. The molecule has 0 aromatic heterocycles. The molecular weight excluding hydrogens is 240 g/mol. The molecule has 0 amide bonds. The van der Waals surface area contributed by atoms with E-state index >= 15 is 0 Å². The van der Waals surface area contributed by atoms with E-state index in [1.165, 1.54) is 12.5 Å². The van der Waals surface area contributed by atoms with Crippen LogP contribution in [0.2, 0.25) is 5.02 Å². The maximum Gasteiger partial charge on any atom is 0.294 e. The highest BCUT2D eigenvalue weighted by atomic mass is 35.5. The molecule has 2 rings (SSSR count).